The zero-order valence-electron chi connectivity index (χ0n) is 20.5. The van der Waals surface area contributed by atoms with Gasteiger partial charge in [-0.3, -0.25) is 24.7 Å². The van der Waals surface area contributed by atoms with E-state index in [0.717, 1.165) is 11.1 Å². The molecule has 1 fully saturated rings. The van der Waals surface area contributed by atoms with E-state index in [1.165, 1.54) is 6.07 Å². The maximum absolute atomic E-state index is 13.5. The molecule has 2 aromatic carbocycles. The third-order valence-corrected chi connectivity index (χ3v) is 6.69. The van der Waals surface area contributed by atoms with Gasteiger partial charge in [0.15, 0.2) is 0 Å². The average Bonchev–Trinajstić information content (AvgIpc) is 3.26. The number of aliphatic carboxylic acids is 1. The highest BCUT2D eigenvalue weighted by atomic mass is 35.5. The summed E-state index contributed by atoms with van der Waals surface area (Å²) in [5.74, 6) is -2.18. The van der Waals surface area contributed by atoms with Crippen molar-refractivity contribution in [3.63, 3.8) is 0 Å². The van der Waals surface area contributed by atoms with E-state index in [4.69, 9.17) is 27.9 Å². The number of nitrogens with one attached hydrogen (secondary N) is 3. The van der Waals surface area contributed by atoms with E-state index in [1.54, 1.807) is 43.3 Å². The van der Waals surface area contributed by atoms with Crippen LogP contribution in [0, 0.1) is 17.1 Å². The van der Waals surface area contributed by atoms with Crippen molar-refractivity contribution in [3.05, 3.63) is 70.0 Å². The summed E-state index contributed by atoms with van der Waals surface area (Å²) < 4.78 is 13.5. The van der Waals surface area contributed by atoms with Gasteiger partial charge >= 0.3 is 5.97 Å². The van der Waals surface area contributed by atoms with Gasteiger partial charge < -0.3 is 21.5 Å². The maximum Gasteiger partial charge on any atom is 0.304 e. The topological polar surface area (TPSA) is 149 Å². The number of carboxylic acids is 1. The van der Waals surface area contributed by atoms with E-state index in [9.17, 15) is 18.8 Å². The second-order valence-electron chi connectivity index (χ2n) is 9.27. The molecule has 0 spiro atoms. The number of amidine groups is 1. The first kappa shape index (κ1) is 28.1. The van der Waals surface area contributed by atoms with Crippen LogP contribution in [-0.2, 0) is 27.3 Å². The van der Waals surface area contributed by atoms with Gasteiger partial charge in [0.2, 0.25) is 11.8 Å². The molecule has 0 saturated carbocycles. The molecule has 1 aliphatic heterocycles. The minimum atomic E-state index is -0.961. The largest absolute Gasteiger partial charge is 0.481 e. The van der Waals surface area contributed by atoms with Crippen molar-refractivity contribution in [2.75, 3.05) is 13.1 Å². The van der Waals surface area contributed by atoms with Gasteiger partial charge in [0.1, 0.15) is 17.7 Å². The quantitative estimate of drug-likeness (QED) is 0.222. The predicted octanol–water partition coefficient (Wildman–Crippen LogP) is 2.29. The van der Waals surface area contributed by atoms with Gasteiger partial charge in [0, 0.05) is 25.2 Å². The summed E-state index contributed by atoms with van der Waals surface area (Å²) in [6.45, 7) is 2.52. The Hall–Kier alpha value is -3.50. The van der Waals surface area contributed by atoms with Gasteiger partial charge in [0.05, 0.1) is 17.5 Å². The van der Waals surface area contributed by atoms with E-state index < -0.39 is 23.9 Å². The minimum absolute atomic E-state index is 0.0298. The third-order valence-electron chi connectivity index (χ3n) is 6.40. The van der Waals surface area contributed by atoms with Crippen molar-refractivity contribution in [2.45, 2.75) is 44.8 Å². The summed E-state index contributed by atoms with van der Waals surface area (Å²) >= 11 is 5.90. The molecular formula is C26H31ClFN5O4. The molecule has 1 saturated heterocycles. The number of benzene rings is 2. The number of nitrogens with two attached hydrogens (primary N) is 1. The molecule has 0 aromatic heterocycles. The number of nitrogens with zero attached hydrogens (tertiary/aromatic N) is 1. The van der Waals surface area contributed by atoms with Crippen LogP contribution < -0.4 is 16.4 Å². The van der Waals surface area contributed by atoms with Crippen molar-refractivity contribution in [3.8, 4) is 0 Å². The summed E-state index contributed by atoms with van der Waals surface area (Å²) in [6.07, 6.45) is 0.917. The molecule has 0 radical (unpaired) electrons. The Kier molecular flexibility index (Phi) is 9.60. The second-order valence-corrected chi connectivity index (χ2v) is 9.67. The number of hydrogen-bond donors (Lipinski definition) is 5. The summed E-state index contributed by atoms with van der Waals surface area (Å²) in [5, 5.41) is 22.1. The van der Waals surface area contributed by atoms with Crippen molar-refractivity contribution in [1.29, 1.82) is 5.41 Å². The van der Waals surface area contributed by atoms with Crippen molar-refractivity contribution in [1.82, 2.24) is 15.5 Å². The van der Waals surface area contributed by atoms with Crippen LogP contribution in [0.3, 0.4) is 0 Å². The lowest BCUT2D eigenvalue weighted by Gasteiger charge is -2.24. The first-order valence-corrected chi connectivity index (χ1v) is 12.3. The van der Waals surface area contributed by atoms with Crippen molar-refractivity contribution >= 4 is 35.2 Å². The van der Waals surface area contributed by atoms with Gasteiger partial charge in [-0.2, -0.15) is 0 Å². The summed E-state index contributed by atoms with van der Waals surface area (Å²) in [5.41, 5.74) is 7.68. The summed E-state index contributed by atoms with van der Waals surface area (Å²) in [7, 11) is 0. The van der Waals surface area contributed by atoms with Crippen LogP contribution in [0.1, 0.15) is 36.5 Å². The molecule has 1 heterocycles. The fourth-order valence-electron chi connectivity index (χ4n) is 4.42. The molecule has 37 heavy (non-hydrogen) atoms. The third kappa shape index (κ3) is 7.99. The van der Waals surface area contributed by atoms with Gasteiger partial charge in [0.25, 0.3) is 0 Å². The monoisotopic (exact) mass is 531 g/mol. The lowest BCUT2D eigenvalue weighted by Crippen LogP contribution is -2.51. The standard InChI is InChI=1S/C26H31ClFN5O4/c1-15(25(36)31-13-16-2-5-19(6-3-16)24(29)30)32-26(37)22-12-18(14-33(22)9-8-23(34)35)10-17-4-7-21(28)20(27)11-17/h2-7,11,15,18,22H,8-10,12-14H2,1H3,(H3,29,30)(H,31,36)(H,32,37)(H,34,35)/t15-,18-,22+/m0/s1. The minimum Gasteiger partial charge on any atom is -0.481 e. The number of carbonyl (C=O) groups is 3. The number of hydrogen-bond acceptors (Lipinski definition) is 5. The Morgan fingerprint density at radius 1 is 1.22 bits per heavy atom. The zero-order valence-corrected chi connectivity index (χ0v) is 21.2. The molecule has 2 amide bonds. The molecular weight excluding hydrogens is 501 g/mol. The molecule has 0 bridgehead atoms. The second kappa shape index (κ2) is 12.6. The van der Waals surface area contributed by atoms with Gasteiger partial charge in [-0.1, -0.05) is 41.9 Å². The van der Waals surface area contributed by atoms with E-state index >= 15 is 0 Å². The van der Waals surface area contributed by atoms with Crippen LogP contribution in [0.15, 0.2) is 42.5 Å². The van der Waals surface area contributed by atoms with E-state index in [-0.39, 0.29) is 48.1 Å². The van der Waals surface area contributed by atoms with Crippen molar-refractivity contribution < 1.29 is 23.9 Å². The molecule has 0 unspecified atom stereocenters. The van der Waals surface area contributed by atoms with E-state index in [2.05, 4.69) is 10.6 Å². The summed E-state index contributed by atoms with van der Waals surface area (Å²) in [4.78, 5) is 38.6. The van der Waals surface area contributed by atoms with Crippen LogP contribution in [0.4, 0.5) is 4.39 Å². The summed E-state index contributed by atoms with van der Waals surface area (Å²) in [6, 6.07) is 10.0. The molecule has 6 N–H and O–H groups in total. The number of nitrogen functional groups attached to an aromatic ring is 1. The number of likely N-dealkylation sites (tertiary alicyclic amines) is 1. The SMILES string of the molecule is C[C@H](NC(=O)[C@H]1C[C@H](Cc2ccc(F)c(Cl)c2)CN1CCC(=O)O)C(=O)NCc1ccc(C(=N)N)cc1. The van der Waals surface area contributed by atoms with Gasteiger partial charge in [-0.05, 0) is 48.9 Å². The van der Waals surface area contributed by atoms with Crippen LogP contribution in [0.2, 0.25) is 5.02 Å². The number of carbonyl (C=O) groups excluding carboxylic acids is 2. The first-order valence-electron chi connectivity index (χ1n) is 11.9. The van der Waals surface area contributed by atoms with E-state index in [1.807, 2.05) is 4.90 Å². The highest BCUT2D eigenvalue weighted by Crippen LogP contribution is 2.28. The fourth-order valence-corrected chi connectivity index (χ4v) is 4.63. The maximum atomic E-state index is 13.5. The molecule has 11 heteroatoms. The van der Waals surface area contributed by atoms with E-state index in [0.29, 0.717) is 24.9 Å². The fraction of sp³-hybridized carbons (Fsp3) is 0.385. The van der Waals surface area contributed by atoms with Gasteiger partial charge in [-0.15, -0.1) is 0 Å². The molecule has 3 atom stereocenters. The molecule has 9 nitrogen and oxygen atoms in total. The number of rotatable bonds is 11. The Morgan fingerprint density at radius 3 is 2.51 bits per heavy atom. The molecule has 2 aromatic rings. The Bertz CT molecular complexity index is 1160. The first-order chi connectivity index (χ1) is 17.5. The van der Waals surface area contributed by atoms with Crippen molar-refractivity contribution in [2.24, 2.45) is 11.7 Å². The predicted molar refractivity (Wildman–Crippen MR) is 138 cm³/mol. The smallest absolute Gasteiger partial charge is 0.304 e. The van der Waals surface area contributed by atoms with Crippen LogP contribution in [0.5, 0.6) is 0 Å². The van der Waals surface area contributed by atoms with Gasteiger partial charge in [-0.25, -0.2) is 4.39 Å². The Morgan fingerprint density at radius 2 is 1.89 bits per heavy atom. The Labute approximate surface area is 219 Å². The number of halogens is 2. The van der Waals surface area contributed by atoms with Crippen LogP contribution >= 0.6 is 11.6 Å². The molecule has 1 aliphatic rings. The Balaban J connectivity index is 1.58. The number of carboxylic acid groups (broad SMARTS) is 1. The number of amides is 2. The lowest BCUT2D eigenvalue weighted by atomic mass is 9.96. The van der Waals surface area contributed by atoms with Crippen LogP contribution in [0.25, 0.3) is 0 Å². The molecule has 0 aliphatic carbocycles. The highest BCUT2D eigenvalue weighted by molar-refractivity contribution is 6.30. The highest BCUT2D eigenvalue weighted by Gasteiger charge is 2.37. The van der Waals surface area contributed by atoms with Crippen LogP contribution in [-0.4, -0.2) is 58.8 Å². The molecule has 198 valence electrons. The normalized spacial score (nSPS) is 18.2. The zero-order chi connectivity index (χ0) is 27.1. The lowest BCUT2D eigenvalue weighted by molar-refractivity contribution is -0.138. The molecule has 3 rings (SSSR count). The average molecular weight is 532 g/mol.